The Bertz CT molecular complexity index is 942. The molecule has 0 radical (unpaired) electrons. The summed E-state index contributed by atoms with van der Waals surface area (Å²) in [4.78, 5) is 27.1. The Labute approximate surface area is 196 Å². The molecule has 0 saturated carbocycles. The summed E-state index contributed by atoms with van der Waals surface area (Å²) in [6.45, 7) is 6.64. The zero-order valence-electron chi connectivity index (χ0n) is 19.8. The summed E-state index contributed by atoms with van der Waals surface area (Å²) >= 11 is 0. The average molecular weight is 451 g/mol. The molecule has 7 nitrogen and oxygen atoms in total. The topological polar surface area (TPSA) is 74.2 Å². The van der Waals surface area contributed by atoms with Crippen LogP contribution in [-0.2, 0) is 16.1 Å². The van der Waals surface area contributed by atoms with Crippen molar-refractivity contribution < 1.29 is 14.3 Å². The SMILES string of the molecule is COc1ccc(C2=NN(CC(=O)NCCCN(Cc3ccccc3)C(C)C)C(=O)CC2)cc1. The highest BCUT2D eigenvalue weighted by molar-refractivity contribution is 6.04. The van der Waals surface area contributed by atoms with Crippen LogP contribution in [0.15, 0.2) is 59.7 Å². The lowest BCUT2D eigenvalue weighted by Crippen LogP contribution is -2.41. The minimum atomic E-state index is -0.192. The lowest BCUT2D eigenvalue weighted by atomic mass is 10.0. The van der Waals surface area contributed by atoms with Crippen LogP contribution in [0.25, 0.3) is 0 Å². The number of hydrogen-bond donors (Lipinski definition) is 1. The number of nitrogens with one attached hydrogen (secondary N) is 1. The van der Waals surface area contributed by atoms with Crippen molar-refractivity contribution in [1.29, 1.82) is 0 Å². The van der Waals surface area contributed by atoms with Gasteiger partial charge in [-0.3, -0.25) is 14.5 Å². The maximum atomic E-state index is 12.4. The molecule has 7 heteroatoms. The molecule has 0 aromatic heterocycles. The number of methoxy groups -OCH3 is 1. The molecule has 1 aliphatic rings. The predicted molar refractivity (Wildman–Crippen MR) is 130 cm³/mol. The van der Waals surface area contributed by atoms with E-state index in [1.165, 1.54) is 10.6 Å². The number of hydrogen-bond acceptors (Lipinski definition) is 5. The van der Waals surface area contributed by atoms with Crippen molar-refractivity contribution in [2.24, 2.45) is 5.10 Å². The lowest BCUT2D eigenvalue weighted by Gasteiger charge is -2.27. The molecule has 0 bridgehead atoms. The molecule has 2 amide bonds. The van der Waals surface area contributed by atoms with Gasteiger partial charge in [-0.2, -0.15) is 5.10 Å². The van der Waals surface area contributed by atoms with Gasteiger partial charge >= 0.3 is 0 Å². The van der Waals surface area contributed by atoms with Crippen molar-refractivity contribution in [3.05, 3.63) is 65.7 Å². The molecular formula is C26H34N4O3. The minimum absolute atomic E-state index is 0.0591. The van der Waals surface area contributed by atoms with E-state index in [1.807, 2.05) is 30.3 Å². The largest absolute Gasteiger partial charge is 0.497 e. The van der Waals surface area contributed by atoms with Gasteiger partial charge in [0.15, 0.2) is 0 Å². The van der Waals surface area contributed by atoms with Crippen molar-refractivity contribution in [2.45, 2.75) is 45.7 Å². The van der Waals surface area contributed by atoms with E-state index in [0.29, 0.717) is 25.4 Å². The van der Waals surface area contributed by atoms with Crippen molar-refractivity contribution in [3.63, 3.8) is 0 Å². The highest BCUT2D eigenvalue weighted by Crippen LogP contribution is 2.18. The number of ether oxygens (including phenoxy) is 1. The first kappa shape index (κ1) is 24.5. The van der Waals surface area contributed by atoms with Crippen LogP contribution in [0.1, 0.15) is 44.2 Å². The summed E-state index contributed by atoms with van der Waals surface area (Å²) < 4.78 is 5.19. The van der Waals surface area contributed by atoms with Crippen LogP contribution in [0.3, 0.4) is 0 Å². The minimum Gasteiger partial charge on any atom is -0.497 e. The van der Waals surface area contributed by atoms with Crippen LogP contribution in [-0.4, -0.2) is 60.2 Å². The van der Waals surface area contributed by atoms with Crippen LogP contribution < -0.4 is 10.1 Å². The first-order chi connectivity index (χ1) is 16.0. The molecule has 0 saturated heterocycles. The standard InChI is InChI=1S/C26H34N4O3/c1-20(2)29(18-21-8-5-4-6-9-21)17-7-16-27-25(31)19-30-26(32)15-14-24(28-30)22-10-12-23(33-3)13-11-22/h4-6,8-13,20H,7,14-19H2,1-3H3,(H,27,31). The van der Waals surface area contributed by atoms with Crippen LogP contribution in [0.4, 0.5) is 0 Å². The first-order valence-corrected chi connectivity index (χ1v) is 11.5. The molecular weight excluding hydrogens is 416 g/mol. The number of benzene rings is 2. The summed E-state index contributed by atoms with van der Waals surface area (Å²) in [5.74, 6) is 0.445. The van der Waals surface area contributed by atoms with Crippen molar-refractivity contribution in [1.82, 2.24) is 15.2 Å². The summed E-state index contributed by atoms with van der Waals surface area (Å²) in [7, 11) is 1.62. The van der Waals surface area contributed by atoms with Gasteiger partial charge < -0.3 is 10.1 Å². The molecule has 1 heterocycles. The highest BCUT2D eigenvalue weighted by atomic mass is 16.5. The normalized spacial score (nSPS) is 13.9. The molecule has 33 heavy (non-hydrogen) atoms. The first-order valence-electron chi connectivity index (χ1n) is 11.5. The molecule has 0 unspecified atom stereocenters. The van der Waals surface area contributed by atoms with E-state index in [4.69, 9.17) is 4.74 Å². The van der Waals surface area contributed by atoms with Gasteiger partial charge in [-0.05, 0) is 55.7 Å². The fraction of sp³-hybridized carbons (Fsp3) is 0.423. The van der Waals surface area contributed by atoms with Crippen molar-refractivity contribution >= 4 is 17.5 Å². The summed E-state index contributed by atoms with van der Waals surface area (Å²) in [5, 5.41) is 8.66. The Hall–Kier alpha value is -3.19. The number of hydrazone groups is 1. The van der Waals surface area contributed by atoms with Crippen LogP contribution >= 0.6 is 0 Å². The Morgan fingerprint density at radius 3 is 2.52 bits per heavy atom. The number of carbonyl (C=O) groups excluding carboxylic acids is 2. The third-order valence-electron chi connectivity index (χ3n) is 5.72. The highest BCUT2D eigenvalue weighted by Gasteiger charge is 2.23. The third kappa shape index (κ3) is 7.43. The van der Waals surface area contributed by atoms with Gasteiger partial charge in [0.2, 0.25) is 11.8 Å². The van der Waals surface area contributed by atoms with E-state index >= 15 is 0 Å². The summed E-state index contributed by atoms with van der Waals surface area (Å²) in [6.07, 6.45) is 1.75. The van der Waals surface area contributed by atoms with Crippen LogP contribution in [0.5, 0.6) is 5.75 Å². The monoisotopic (exact) mass is 450 g/mol. The van der Waals surface area contributed by atoms with E-state index in [-0.39, 0.29) is 18.4 Å². The van der Waals surface area contributed by atoms with Crippen LogP contribution in [0, 0.1) is 0 Å². The van der Waals surface area contributed by atoms with Gasteiger partial charge in [0.1, 0.15) is 12.3 Å². The molecule has 2 aromatic carbocycles. The Morgan fingerprint density at radius 2 is 1.85 bits per heavy atom. The van der Waals surface area contributed by atoms with Gasteiger partial charge in [-0.15, -0.1) is 0 Å². The fourth-order valence-electron chi connectivity index (χ4n) is 3.75. The second-order valence-electron chi connectivity index (χ2n) is 8.48. The number of amides is 2. The van der Waals surface area contributed by atoms with Gasteiger partial charge in [0.05, 0.1) is 12.8 Å². The van der Waals surface area contributed by atoms with Crippen molar-refractivity contribution in [2.75, 3.05) is 26.7 Å². The Morgan fingerprint density at radius 1 is 1.12 bits per heavy atom. The number of carbonyl (C=O) groups is 2. The van der Waals surface area contributed by atoms with E-state index in [2.05, 4.69) is 53.4 Å². The Balaban J connectivity index is 1.47. The number of rotatable bonds is 11. The van der Waals surface area contributed by atoms with E-state index in [9.17, 15) is 9.59 Å². The molecule has 0 aliphatic carbocycles. The Kier molecular flexibility index (Phi) is 9.01. The van der Waals surface area contributed by atoms with E-state index in [0.717, 1.165) is 36.5 Å². The molecule has 0 atom stereocenters. The smallest absolute Gasteiger partial charge is 0.243 e. The van der Waals surface area contributed by atoms with E-state index < -0.39 is 0 Å². The second-order valence-corrected chi connectivity index (χ2v) is 8.48. The van der Waals surface area contributed by atoms with Gasteiger partial charge in [0.25, 0.3) is 0 Å². The quantitative estimate of drug-likeness (QED) is 0.532. The average Bonchev–Trinajstić information content (AvgIpc) is 2.83. The van der Waals surface area contributed by atoms with Gasteiger partial charge in [-0.1, -0.05) is 30.3 Å². The van der Waals surface area contributed by atoms with E-state index in [1.54, 1.807) is 7.11 Å². The van der Waals surface area contributed by atoms with Gasteiger partial charge in [-0.25, -0.2) is 5.01 Å². The zero-order valence-corrected chi connectivity index (χ0v) is 19.8. The van der Waals surface area contributed by atoms with Crippen LogP contribution in [0.2, 0.25) is 0 Å². The molecule has 1 N–H and O–H groups in total. The maximum absolute atomic E-state index is 12.4. The maximum Gasteiger partial charge on any atom is 0.243 e. The fourth-order valence-corrected chi connectivity index (χ4v) is 3.75. The summed E-state index contributed by atoms with van der Waals surface area (Å²) in [6, 6.07) is 18.4. The molecule has 3 rings (SSSR count). The molecule has 0 fully saturated rings. The molecule has 176 valence electrons. The summed E-state index contributed by atoms with van der Waals surface area (Å²) in [5.41, 5.74) is 3.02. The zero-order chi connectivity index (χ0) is 23.6. The number of nitrogens with zero attached hydrogens (tertiary/aromatic N) is 3. The van der Waals surface area contributed by atoms with Gasteiger partial charge in [0, 0.05) is 38.5 Å². The predicted octanol–water partition coefficient (Wildman–Crippen LogP) is 3.44. The lowest BCUT2D eigenvalue weighted by molar-refractivity contribution is -0.136. The van der Waals surface area contributed by atoms with Crippen molar-refractivity contribution in [3.8, 4) is 5.75 Å². The second kappa shape index (κ2) is 12.2. The molecule has 2 aromatic rings. The molecule has 0 spiro atoms. The third-order valence-corrected chi connectivity index (χ3v) is 5.72. The molecule has 1 aliphatic heterocycles.